The van der Waals surface area contributed by atoms with Gasteiger partial charge in [0, 0.05) is 18.8 Å². The van der Waals surface area contributed by atoms with E-state index in [1.54, 1.807) is 24.4 Å². The monoisotopic (exact) mass is 320 g/mol. The van der Waals surface area contributed by atoms with Crippen molar-refractivity contribution in [2.45, 2.75) is 13.0 Å². The zero-order valence-electron chi connectivity index (χ0n) is 12.1. The molecule has 5 nitrogen and oxygen atoms in total. The highest BCUT2D eigenvalue weighted by Crippen LogP contribution is 2.09. The molecule has 0 aliphatic rings. The second-order valence-corrected chi connectivity index (χ2v) is 4.61. The summed E-state index contributed by atoms with van der Waals surface area (Å²) < 4.78 is 31.1. The van der Waals surface area contributed by atoms with Crippen LogP contribution in [0, 0.1) is 11.6 Å². The van der Waals surface area contributed by atoms with E-state index >= 15 is 0 Å². The number of benzene rings is 1. The van der Waals surface area contributed by atoms with E-state index < -0.39 is 23.5 Å². The lowest BCUT2D eigenvalue weighted by Gasteiger charge is -2.07. The summed E-state index contributed by atoms with van der Waals surface area (Å²) in [6.45, 7) is 0.0247. The Bertz CT molecular complexity index is 693. The van der Waals surface area contributed by atoms with Gasteiger partial charge in [0.05, 0.1) is 17.7 Å². The van der Waals surface area contributed by atoms with Crippen LogP contribution in [0.5, 0.6) is 0 Å². The van der Waals surface area contributed by atoms with Crippen LogP contribution in [0.4, 0.5) is 8.78 Å². The summed E-state index contributed by atoms with van der Waals surface area (Å²) in [7, 11) is 0. The Hall–Kier alpha value is -2.83. The van der Waals surface area contributed by atoms with Crippen molar-refractivity contribution < 1.29 is 23.1 Å². The third-order valence-electron chi connectivity index (χ3n) is 2.90. The molecule has 0 radical (unpaired) electrons. The maximum atomic E-state index is 13.4. The van der Waals surface area contributed by atoms with Gasteiger partial charge in [0.1, 0.15) is 18.2 Å². The van der Waals surface area contributed by atoms with Gasteiger partial charge in [-0.3, -0.25) is 14.6 Å². The first kappa shape index (κ1) is 16.5. The summed E-state index contributed by atoms with van der Waals surface area (Å²) in [4.78, 5) is 27.2. The minimum atomic E-state index is -0.958. The standard InChI is InChI=1S/C16H14F2N2O3/c17-11-4-5-13(14(18)9-11)16(22)20-8-6-15(21)23-10-12-3-1-2-7-19-12/h1-5,7,9H,6,8,10H2,(H,20,22). The summed E-state index contributed by atoms with van der Waals surface area (Å²) in [5.41, 5.74) is 0.325. The molecule has 0 aliphatic heterocycles. The Morgan fingerprint density at radius 1 is 1.17 bits per heavy atom. The molecule has 7 heteroatoms. The number of rotatable bonds is 6. The summed E-state index contributed by atoms with van der Waals surface area (Å²) in [6.07, 6.45) is 1.52. The Balaban J connectivity index is 1.73. The van der Waals surface area contributed by atoms with Gasteiger partial charge >= 0.3 is 5.97 Å². The van der Waals surface area contributed by atoms with Crippen molar-refractivity contribution in [2.24, 2.45) is 0 Å². The number of carbonyl (C=O) groups excluding carboxylic acids is 2. The SMILES string of the molecule is O=C(CCNC(=O)c1ccc(F)cc1F)OCc1ccccn1. The van der Waals surface area contributed by atoms with Gasteiger partial charge in [-0.25, -0.2) is 8.78 Å². The first-order chi connectivity index (χ1) is 11.1. The number of esters is 1. The van der Waals surface area contributed by atoms with Gasteiger partial charge in [-0.15, -0.1) is 0 Å². The largest absolute Gasteiger partial charge is 0.459 e. The molecule has 23 heavy (non-hydrogen) atoms. The predicted molar refractivity (Wildman–Crippen MR) is 77.3 cm³/mol. The van der Waals surface area contributed by atoms with E-state index in [4.69, 9.17) is 4.74 Å². The van der Waals surface area contributed by atoms with Gasteiger partial charge in [-0.05, 0) is 24.3 Å². The molecule has 0 bridgehead atoms. The van der Waals surface area contributed by atoms with Crippen molar-refractivity contribution >= 4 is 11.9 Å². The number of amides is 1. The van der Waals surface area contributed by atoms with E-state index in [1.807, 2.05) is 0 Å². The van der Waals surface area contributed by atoms with Crippen LogP contribution in [0.2, 0.25) is 0 Å². The molecule has 0 saturated heterocycles. The van der Waals surface area contributed by atoms with Gasteiger partial charge < -0.3 is 10.1 Å². The van der Waals surface area contributed by atoms with Crippen molar-refractivity contribution in [1.29, 1.82) is 0 Å². The van der Waals surface area contributed by atoms with Crippen molar-refractivity contribution in [3.05, 3.63) is 65.5 Å². The highest BCUT2D eigenvalue weighted by molar-refractivity contribution is 5.94. The molecular formula is C16H14F2N2O3. The molecule has 2 aromatic rings. The topological polar surface area (TPSA) is 68.3 Å². The second kappa shape index (κ2) is 7.98. The van der Waals surface area contributed by atoms with Crippen LogP contribution in [-0.4, -0.2) is 23.4 Å². The molecule has 1 N–H and O–H groups in total. The summed E-state index contributed by atoms with van der Waals surface area (Å²) in [5.74, 6) is -2.96. The fraction of sp³-hybridized carbons (Fsp3) is 0.188. The van der Waals surface area contributed by atoms with Crippen molar-refractivity contribution in [3.63, 3.8) is 0 Å². The van der Waals surface area contributed by atoms with E-state index in [-0.39, 0.29) is 25.1 Å². The number of halogens is 2. The Morgan fingerprint density at radius 3 is 2.70 bits per heavy atom. The molecule has 2 rings (SSSR count). The first-order valence-electron chi connectivity index (χ1n) is 6.85. The van der Waals surface area contributed by atoms with Gasteiger partial charge in [0.15, 0.2) is 0 Å². The van der Waals surface area contributed by atoms with Gasteiger partial charge in [-0.1, -0.05) is 6.07 Å². The zero-order chi connectivity index (χ0) is 16.7. The molecule has 1 aromatic carbocycles. The maximum Gasteiger partial charge on any atom is 0.307 e. The first-order valence-corrected chi connectivity index (χ1v) is 6.85. The third kappa shape index (κ3) is 5.14. The van der Waals surface area contributed by atoms with Gasteiger partial charge in [-0.2, -0.15) is 0 Å². The number of nitrogens with zero attached hydrogens (tertiary/aromatic N) is 1. The van der Waals surface area contributed by atoms with E-state index in [0.29, 0.717) is 11.8 Å². The van der Waals surface area contributed by atoms with Crippen LogP contribution in [0.25, 0.3) is 0 Å². The lowest BCUT2D eigenvalue weighted by Crippen LogP contribution is -2.27. The number of ether oxygens (including phenoxy) is 1. The maximum absolute atomic E-state index is 13.4. The zero-order valence-corrected chi connectivity index (χ0v) is 12.1. The smallest absolute Gasteiger partial charge is 0.307 e. The minimum Gasteiger partial charge on any atom is -0.459 e. The lowest BCUT2D eigenvalue weighted by atomic mass is 10.2. The molecule has 0 spiro atoms. The lowest BCUT2D eigenvalue weighted by molar-refractivity contribution is -0.144. The molecular weight excluding hydrogens is 306 g/mol. The number of pyridine rings is 1. The van der Waals surface area contributed by atoms with E-state index in [0.717, 1.165) is 12.1 Å². The van der Waals surface area contributed by atoms with E-state index in [2.05, 4.69) is 10.3 Å². The van der Waals surface area contributed by atoms with Crippen LogP contribution in [0.1, 0.15) is 22.5 Å². The normalized spacial score (nSPS) is 10.2. The van der Waals surface area contributed by atoms with Crippen LogP contribution in [0.3, 0.4) is 0 Å². The summed E-state index contributed by atoms with van der Waals surface area (Å²) in [5, 5.41) is 2.37. The predicted octanol–water partition coefficient (Wildman–Crippen LogP) is 2.22. The van der Waals surface area contributed by atoms with Crippen LogP contribution in [0.15, 0.2) is 42.6 Å². The van der Waals surface area contributed by atoms with Gasteiger partial charge in [0.2, 0.25) is 0 Å². The summed E-state index contributed by atoms with van der Waals surface area (Å²) in [6, 6.07) is 7.88. The third-order valence-corrected chi connectivity index (χ3v) is 2.90. The average molecular weight is 320 g/mol. The number of nitrogens with one attached hydrogen (secondary N) is 1. The summed E-state index contributed by atoms with van der Waals surface area (Å²) >= 11 is 0. The van der Waals surface area contributed by atoms with E-state index in [9.17, 15) is 18.4 Å². The molecule has 0 atom stereocenters. The highest BCUT2D eigenvalue weighted by atomic mass is 19.1. The molecule has 1 heterocycles. The Morgan fingerprint density at radius 2 is 2.00 bits per heavy atom. The highest BCUT2D eigenvalue weighted by Gasteiger charge is 2.12. The number of aromatic nitrogens is 1. The number of hydrogen-bond acceptors (Lipinski definition) is 4. The molecule has 1 amide bonds. The van der Waals surface area contributed by atoms with Crippen LogP contribution < -0.4 is 5.32 Å². The fourth-order valence-electron chi connectivity index (χ4n) is 1.76. The minimum absolute atomic E-state index is 0.0172. The average Bonchev–Trinajstić information content (AvgIpc) is 2.53. The molecule has 0 fully saturated rings. The van der Waals surface area contributed by atoms with Crippen molar-refractivity contribution in [3.8, 4) is 0 Å². The fourth-order valence-corrected chi connectivity index (χ4v) is 1.76. The molecule has 120 valence electrons. The van der Waals surface area contributed by atoms with Crippen LogP contribution >= 0.6 is 0 Å². The quantitative estimate of drug-likeness (QED) is 0.829. The number of hydrogen-bond donors (Lipinski definition) is 1. The molecule has 0 aliphatic carbocycles. The van der Waals surface area contributed by atoms with Crippen molar-refractivity contribution in [2.75, 3.05) is 6.54 Å². The number of carbonyl (C=O) groups is 2. The second-order valence-electron chi connectivity index (χ2n) is 4.61. The Kier molecular flexibility index (Phi) is 5.74. The van der Waals surface area contributed by atoms with Crippen LogP contribution in [-0.2, 0) is 16.1 Å². The van der Waals surface area contributed by atoms with Crippen molar-refractivity contribution in [1.82, 2.24) is 10.3 Å². The molecule has 0 saturated carbocycles. The molecule has 0 unspecified atom stereocenters. The molecule has 1 aromatic heterocycles. The van der Waals surface area contributed by atoms with Gasteiger partial charge in [0.25, 0.3) is 5.91 Å². The Labute approximate surface area is 131 Å². The van der Waals surface area contributed by atoms with E-state index in [1.165, 1.54) is 0 Å².